The molecule has 0 unspecified atom stereocenters. The molecular weight excluding hydrogens is 342 g/mol. The summed E-state index contributed by atoms with van der Waals surface area (Å²) in [6, 6.07) is 12.2. The lowest BCUT2D eigenvalue weighted by atomic mass is 10.1. The van der Waals surface area contributed by atoms with E-state index in [1.807, 2.05) is 30.3 Å². The maximum Gasteiger partial charge on any atom is 0.161 e. The molecule has 1 aliphatic carbocycles. The number of anilines is 1. The Morgan fingerprint density at radius 1 is 1.04 bits per heavy atom. The van der Waals surface area contributed by atoms with Gasteiger partial charge < -0.3 is 19.5 Å². The predicted molar refractivity (Wildman–Crippen MR) is 105 cm³/mol. The fourth-order valence-corrected chi connectivity index (χ4v) is 3.57. The van der Waals surface area contributed by atoms with E-state index in [2.05, 4.69) is 28.5 Å². The van der Waals surface area contributed by atoms with Crippen LogP contribution in [0.1, 0.15) is 29.7 Å². The van der Waals surface area contributed by atoms with Gasteiger partial charge in [0, 0.05) is 17.5 Å². The summed E-state index contributed by atoms with van der Waals surface area (Å²) < 4.78 is 16.2. The number of nitrogens with one attached hydrogen (secondary N) is 2. The first-order chi connectivity index (χ1) is 13.1. The fourth-order valence-electron chi connectivity index (χ4n) is 3.57. The molecule has 0 aliphatic heterocycles. The molecule has 2 N–H and O–H groups in total. The zero-order chi connectivity index (χ0) is 19.0. The van der Waals surface area contributed by atoms with Gasteiger partial charge in [-0.05, 0) is 42.3 Å². The second-order valence-corrected chi connectivity index (χ2v) is 6.61. The van der Waals surface area contributed by atoms with Crippen LogP contribution in [0.2, 0.25) is 0 Å². The molecule has 27 heavy (non-hydrogen) atoms. The molecule has 2 aromatic carbocycles. The number of H-pyrrole nitrogens is 1. The molecular formula is C21H23N3O3. The molecule has 6 nitrogen and oxygen atoms in total. The number of methoxy groups -OCH3 is 3. The molecule has 0 fully saturated rings. The number of aromatic nitrogens is 2. The highest BCUT2D eigenvalue weighted by atomic mass is 16.5. The molecule has 0 amide bonds. The predicted octanol–water partition coefficient (Wildman–Crippen LogP) is 4.18. The van der Waals surface area contributed by atoms with Crippen LogP contribution in [0.4, 0.5) is 5.82 Å². The van der Waals surface area contributed by atoms with Gasteiger partial charge in [0.15, 0.2) is 17.3 Å². The Balaban J connectivity index is 1.62. The normalized spacial score (nSPS) is 12.9. The Labute approximate surface area is 158 Å². The van der Waals surface area contributed by atoms with Crippen molar-refractivity contribution in [2.24, 2.45) is 0 Å². The summed E-state index contributed by atoms with van der Waals surface area (Å²) in [6.07, 6.45) is 0.800. The van der Waals surface area contributed by atoms with Crippen molar-refractivity contribution >= 4 is 5.82 Å². The van der Waals surface area contributed by atoms with Gasteiger partial charge in [0.05, 0.1) is 33.1 Å². The minimum Gasteiger partial charge on any atom is -0.497 e. The van der Waals surface area contributed by atoms with Crippen LogP contribution >= 0.6 is 0 Å². The number of nitrogens with zero attached hydrogens (tertiary/aromatic N) is 1. The molecule has 0 saturated heterocycles. The summed E-state index contributed by atoms with van der Waals surface area (Å²) in [5.74, 6) is 3.18. The molecule has 140 valence electrons. The summed E-state index contributed by atoms with van der Waals surface area (Å²) >= 11 is 0. The summed E-state index contributed by atoms with van der Waals surface area (Å²) in [4.78, 5) is 0. The quantitative estimate of drug-likeness (QED) is 0.536. The molecule has 1 aliphatic rings. The average molecular weight is 365 g/mol. The van der Waals surface area contributed by atoms with Crippen molar-refractivity contribution in [2.75, 3.05) is 26.6 Å². The van der Waals surface area contributed by atoms with Gasteiger partial charge in [0.1, 0.15) is 5.75 Å². The minimum atomic E-state index is 0.0975. The molecule has 3 aromatic rings. The highest BCUT2D eigenvalue weighted by molar-refractivity contribution is 5.80. The van der Waals surface area contributed by atoms with Crippen molar-refractivity contribution in [3.05, 3.63) is 53.1 Å². The Kier molecular flexibility index (Phi) is 4.39. The zero-order valence-electron chi connectivity index (χ0n) is 15.9. The standard InChI is InChI=1S/C21H23N3O3/c1-12(13-6-5-7-15(8-13)25-2)22-21-17-9-14-10-18(26-3)19(27-4)11-16(14)20(17)23-24-21/h5-8,10-12H,9H2,1-4H3,(H2,22,23,24)/t12-/m0/s1. The first kappa shape index (κ1) is 17.3. The molecule has 1 atom stereocenters. The van der Waals surface area contributed by atoms with Crippen molar-refractivity contribution in [3.63, 3.8) is 0 Å². The van der Waals surface area contributed by atoms with Gasteiger partial charge in [-0.1, -0.05) is 12.1 Å². The van der Waals surface area contributed by atoms with E-state index in [0.29, 0.717) is 0 Å². The Hall–Kier alpha value is -3.15. The van der Waals surface area contributed by atoms with E-state index in [1.165, 1.54) is 5.56 Å². The van der Waals surface area contributed by atoms with Gasteiger partial charge in [-0.15, -0.1) is 0 Å². The molecule has 1 aromatic heterocycles. The van der Waals surface area contributed by atoms with Gasteiger partial charge in [-0.2, -0.15) is 5.10 Å². The third kappa shape index (κ3) is 2.97. The van der Waals surface area contributed by atoms with E-state index in [-0.39, 0.29) is 6.04 Å². The number of fused-ring (bicyclic) bond motifs is 3. The Morgan fingerprint density at radius 2 is 1.81 bits per heavy atom. The van der Waals surface area contributed by atoms with Crippen LogP contribution < -0.4 is 19.5 Å². The van der Waals surface area contributed by atoms with Crippen LogP contribution in [0.3, 0.4) is 0 Å². The van der Waals surface area contributed by atoms with E-state index >= 15 is 0 Å². The van der Waals surface area contributed by atoms with Crippen LogP contribution in [0.25, 0.3) is 11.3 Å². The lowest BCUT2D eigenvalue weighted by molar-refractivity contribution is 0.355. The van der Waals surface area contributed by atoms with Gasteiger partial charge >= 0.3 is 0 Å². The first-order valence-corrected chi connectivity index (χ1v) is 8.87. The van der Waals surface area contributed by atoms with E-state index in [0.717, 1.165) is 51.9 Å². The highest BCUT2D eigenvalue weighted by Gasteiger charge is 2.27. The summed E-state index contributed by atoms with van der Waals surface area (Å²) in [6.45, 7) is 2.12. The molecule has 0 spiro atoms. The second-order valence-electron chi connectivity index (χ2n) is 6.61. The van der Waals surface area contributed by atoms with Gasteiger partial charge in [-0.3, -0.25) is 5.10 Å². The number of ether oxygens (including phenoxy) is 3. The lowest BCUT2D eigenvalue weighted by Crippen LogP contribution is -2.08. The molecule has 4 rings (SSSR count). The van der Waals surface area contributed by atoms with Crippen molar-refractivity contribution < 1.29 is 14.2 Å². The van der Waals surface area contributed by atoms with Crippen LogP contribution in [0.15, 0.2) is 36.4 Å². The van der Waals surface area contributed by atoms with Crippen molar-refractivity contribution in [2.45, 2.75) is 19.4 Å². The monoisotopic (exact) mass is 365 g/mol. The summed E-state index contributed by atoms with van der Waals surface area (Å²) in [5.41, 5.74) is 5.65. The van der Waals surface area contributed by atoms with E-state index in [1.54, 1.807) is 21.3 Å². The molecule has 0 bridgehead atoms. The van der Waals surface area contributed by atoms with Crippen LogP contribution in [-0.2, 0) is 6.42 Å². The Morgan fingerprint density at radius 3 is 2.56 bits per heavy atom. The third-order valence-corrected chi connectivity index (χ3v) is 5.06. The topological polar surface area (TPSA) is 68.4 Å². The van der Waals surface area contributed by atoms with Crippen molar-refractivity contribution in [1.82, 2.24) is 10.2 Å². The fraction of sp³-hybridized carbons (Fsp3) is 0.286. The molecule has 0 radical (unpaired) electrons. The number of rotatable bonds is 6. The SMILES string of the molecule is COc1cccc([C@H](C)Nc2n[nH]c3c2Cc2cc(OC)c(OC)cc2-3)c1. The van der Waals surface area contributed by atoms with Crippen LogP contribution in [0.5, 0.6) is 17.2 Å². The Bertz CT molecular complexity index is 981. The summed E-state index contributed by atoms with van der Waals surface area (Å²) in [5, 5.41) is 11.2. The molecule has 6 heteroatoms. The smallest absolute Gasteiger partial charge is 0.161 e. The van der Waals surface area contributed by atoms with E-state index < -0.39 is 0 Å². The lowest BCUT2D eigenvalue weighted by Gasteiger charge is -2.15. The van der Waals surface area contributed by atoms with E-state index in [9.17, 15) is 0 Å². The van der Waals surface area contributed by atoms with E-state index in [4.69, 9.17) is 14.2 Å². The zero-order valence-corrected chi connectivity index (χ0v) is 15.9. The maximum atomic E-state index is 5.44. The number of hydrogen-bond acceptors (Lipinski definition) is 5. The van der Waals surface area contributed by atoms with Gasteiger partial charge in [0.2, 0.25) is 0 Å². The molecule has 1 heterocycles. The number of hydrogen-bond donors (Lipinski definition) is 2. The maximum absolute atomic E-state index is 5.44. The van der Waals surface area contributed by atoms with Gasteiger partial charge in [-0.25, -0.2) is 0 Å². The van der Waals surface area contributed by atoms with Crippen LogP contribution in [0, 0.1) is 0 Å². The number of benzene rings is 2. The first-order valence-electron chi connectivity index (χ1n) is 8.87. The third-order valence-electron chi connectivity index (χ3n) is 5.06. The number of aromatic amines is 1. The average Bonchev–Trinajstić information content (AvgIpc) is 3.26. The minimum absolute atomic E-state index is 0.0975. The van der Waals surface area contributed by atoms with Crippen molar-refractivity contribution in [3.8, 4) is 28.5 Å². The van der Waals surface area contributed by atoms with Gasteiger partial charge in [0.25, 0.3) is 0 Å². The largest absolute Gasteiger partial charge is 0.497 e. The van der Waals surface area contributed by atoms with Crippen LogP contribution in [-0.4, -0.2) is 31.5 Å². The second kappa shape index (κ2) is 6.87. The van der Waals surface area contributed by atoms with Crippen molar-refractivity contribution in [1.29, 1.82) is 0 Å². The highest BCUT2D eigenvalue weighted by Crippen LogP contribution is 2.44. The molecule has 0 saturated carbocycles. The summed E-state index contributed by atoms with van der Waals surface area (Å²) in [7, 11) is 4.98.